The van der Waals surface area contributed by atoms with E-state index < -0.39 is 5.56 Å². The summed E-state index contributed by atoms with van der Waals surface area (Å²) in [6, 6.07) is 9.58. The van der Waals surface area contributed by atoms with Crippen LogP contribution in [0.4, 0.5) is 5.82 Å². The van der Waals surface area contributed by atoms with Gasteiger partial charge in [0.2, 0.25) is 0 Å². The van der Waals surface area contributed by atoms with Crippen LogP contribution in [0.15, 0.2) is 23.0 Å². The van der Waals surface area contributed by atoms with Crippen LogP contribution in [-0.4, -0.2) is 11.5 Å². The van der Waals surface area contributed by atoms with E-state index in [1.807, 2.05) is 30.3 Å². The highest BCUT2D eigenvalue weighted by molar-refractivity contribution is 5.80. The number of benzene rings is 1. The normalized spacial score (nSPS) is 13.0. The summed E-state index contributed by atoms with van der Waals surface area (Å²) >= 11 is 0. The predicted molar refractivity (Wildman–Crippen MR) is 81.8 cm³/mol. The van der Waals surface area contributed by atoms with E-state index in [0.29, 0.717) is 11.1 Å². The summed E-state index contributed by atoms with van der Waals surface area (Å²) in [6.45, 7) is 1.67. The van der Waals surface area contributed by atoms with Crippen LogP contribution in [0.2, 0.25) is 0 Å². The molecule has 1 aliphatic heterocycles. The molecule has 3 rings (SSSR count). The maximum absolute atomic E-state index is 11.9. The van der Waals surface area contributed by atoms with Gasteiger partial charge in [-0.1, -0.05) is 18.2 Å². The molecule has 6 nitrogen and oxygen atoms in total. The number of hydrogen-bond donors (Lipinski definition) is 3. The SMILES string of the molecule is N#Cc1c(N)[nH]c(=O)c(C#N)c1-c1ccc2c(c1)CCNC2. The van der Waals surface area contributed by atoms with Gasteiger partial charge in [-0.3, -0.25) is 4.79 Å². The molecule has 22 heavy (non-hydrogen) atoms. The van der Waals surface area contributed by atoms with Crippen molar-refractivity contribution in [1.82, 2.24) is 10.3 Å². The van der Waals surface area contributed by atoms with Gasteiger partial charge in [0.25, 0.3) is 5.56 Å². The first kappa shape index (κ1) is 13.9. The molecule has 0 unspecified atom stereocenters. The molecule has 0 aliphatic carbocycles. The van der Waals surface area contributed by atoms with E-state index in [0.717, 1.165) is 25.1 Å². The molecule has 1 aromatic heterocycles. The molecule has 0 saturated heterocycles. The van der Waals surface area contributed by atoms with E-state index in [-0.39, 0.29) is 16.9 Å². The zero-order valence-electron chi connectivity index (χ0n) is 11.7. The summed E-state index contributed by atoms with van der Waals surface area (Å²) in [4.78, 5) is 14.3. The van der Waals surface area contributed by atoms with Crippen molar-refractivity contribution in [3.8, 4) is 23.3 Å². The lowest BCUT2D eigenvalue weighted by Gasteiger charge is -2.18. The largest absolute Gasteiger partial charge is 0.384 e. The van der Waals surface area contributed by atoms with Crippen molar-refractivity contribution < 1.29 is 0 Å². The van der Waals surface area contributed by atoms with Crippen molar-refractivity contribution in [3.05, 3.63) is 50.8 Å². The molecule has 1 aromatic carbocycles. The maximum Gasteiger partial charge on any atom is 0.268 e. The quantitative estimate of drug-likeness (QED) is 0.724. The lowest BCUT2D eigenvalue weighted by molar-refractivity contribution is 0.644. The van der Waals surface area contributed by atoms with Crippen LogP contribution in [-0.2, 0) is 13.0 Å². The third kappa shape index (κ3) is 2.12. The average Bonchev–Trinajstić information content (AvgIpc) is 2.54. The van der Waals surface area contributed by atoms with Crippen LogP contribution in [0, 0.1) is 22.7 Å². The monoisotopic (exact) mass is 291 g/mol. The Bertz CT molecular complexity index is 898. The Morgan fingerprint density at radius 2 is 1.91 bits per heavy atom. The molecule has 4 N–H and O–H groups in total. The first-order valence-corrected chi connectivity index (χ1v) is 6.84. The summed E-state index contributed by atoms with van der Waals surface area (Å²) in [6.07, 6.45) is 0.867. The molecule has 1 aliphatic rings. The van der Waals surface area contributed by atoms with E-state index in [4.69, 9.17) is 5.73 Å². The fourth-order valence-electron chi connectivity index (χ4n) is 2.76. The van der Waals surface area contributed by atoms with Gasteiger partial charge in [-0.05, 0) is 29.7 Å². The topological polar surface area (TPSA) is 118 Å². The Labute approximate surface area is 126 Å². The molecule has 0 bridgehead atoms. The Morgan fingerprint density at radius 1 is 1.14 bits per heavy atom. The maximum atomic E-state index is 11.9. The van der Waals surface area contributed by atoms with Crippen LogP contribution in [0.3, 0.4) is 0 Å². The third-order valence-electron chi connectivity index (χ3n) is 3.85. The molecule has 0 spiro atoms. The molecular formula is C16H13N5O. The van der Waals surface area contributed by atoms with Gasteiger partial charge < -0.3 is 16.0 Å². The summed E-state index contributed by atoms with van der Waals surface area (Å²) < 4.78 is 0. The van der Waals surface area contributed by atoms with Gasteiger partial charge in [-0.15, -0.1) is 0 Å². The lowest BCUT2D eigenvalue weighted by atomic mass is 9.91. The number of anilines is 1. The van der Waals surface area contributed by atoms with Crippen LogP contribution >= 0.6 is 0 Å². The fourth-order valence-corrected chi connectivity index (χ4v) is 2.76. The zero-order valence-corrected chi connectivity index (χ0v) is 11.7. The minimum Gasteiger partial charge on any atom is -0.384 e. The Morgan fingerprint density at radius 3 is 2.64 bits per heavy atom. The van der Waals surface area contributed by atoms with Crippen LogP contribution in [0.5, 0.6) is 0 Å². The number of nitrogens with two attached hydrogens (primary N) is 1. The number of nitriles is 2. The number of aromatic amines is 1. The lowest BCUT2D eigenvalue weighted by Crippen LogP contribution is -2.23. The van der Waals surface area contributed by atoms with Gasteiger partial charge >= 0.3 is 0 Å². The molecule has 0 radical (unpaired) electrons. The smallest absolute Gasteiger partial charge is 0.268 e. The number of rotatable bonds is 1. The highest BCUT2D eigenvalue weighted by Crippen LogP contribution is 2.30. The molecular weight excluding hydrogens is 278 g/mol. The molecule has 0 saturated carbocycles. The number of H-pyrrole nitrogens is 1. The standard InChI is InChI=1S/C16H13N5O/c17-6-12-14(13(7-18)16(22)21-15(12)19)10-1-2-11-8-20-4-3-9(11)5-10/h1-2,5,20H,3-4,8H2,(H3,19,21,22). The van der Waals surface area contributed by atoms with Gasteiger partial charge in [-0.2, -0.15) is 10.5 Å². The summed E-state index contributed by atoms with van der Waals surface area (Å²) in [7, 11) is 0. The fraction of sp³-hybridized carbons (Fsp3) is 0.188. The van der Waals surface area contributed by atoms with Gasteiger partial charge in [0.05, 0.1) is 0 Å². The number of pyridine rings is 1. The predicted octanol–water partition coefficient (Wildman–Crippen LogP) is 1.01. The Balaban J connectivity index is 2.31. The van der Waals surface area contributed by atoms with Crippen molar-refractivity contribution in [2.75, 3.05) is 12.3 Å². The summed E-state index contributed by atoms with van der Waals surface area (Å²) in [5, 5.41) is 21.9. The molecule has 2 heterocycles. The molecule has 2 aromatic rings. The number of aromatic nitrogens is 1. The van der Waals surface area contributed by atoms with Gasteiger partial charge in [0.15, 0.2) is 0 Å². The van der Waals surface area contributed by atoms with E-state index in [1.165, 1.54) is 5.56 Å². The van der Waals surface area contributed by atoms with E-state index in [1.54, 1.807) is 0 Å². The van der Waals surface area contributed by atoms with Crippen molar-refractivity contribution in [3.63, 3.8) is 0 Å². The average molecular weight is 291 g/mol. The highest BCUT2D eigenvalue weighted by Gasteiger charge is 2.19. The zero-order chi connectivity index (χ0) is 15.7. The number of nitrogen functional groups attached to an aromatic ring is 1. The second-order valence-corrected chi connectivity index (χ2v) is 5.13. The van der Waals surface area contributed by atoms with Crippen molar-refractivity contribution in [1.29, 1.82) is 10.5 Å². The second-order valence-electron chi connectivity index (χ2n) is 5.13. The summed E-state index contributed by atoms with van der Waals surface area (Å²) in [5.74, 6) is -0.0131. The number of nitrogens with one attached hydrogen (secondary N) is 2. The number of fused-ring (bicyclic) bond motifs is 1. The van der Waals surface area contributed by atoms with E-state index >= 15 is 0 Å². The number of hydrogen-bond acceptors (Lipinski definition) is 5. The van der Waals surface area contributed by atoms with Crippen molar-refractivity contribution >= 4 is 5.82 Å². The molecule has 0 amide bonds. The molecule has 0 atom stereocenters. The first-order chi connectivity index (χ1) is 10.7. The summed E-state index contributed by atoms with van der Waals surface area (Å²) in [5.41, 5.74) is 8.53. The Hall–Kier alpha value is -3.09. The van der Waals surface area contributed by atoms with E-state index in [9.17, 15) is 15.3 Å². The number of nitrogens with zero attached hydrogens (tertiary/aromatic N) is 2. The van der Waals surface area contributed by atoms with Crippen LogP contribution in [0.1, 0.15) is 22.3 Å². The molecule has 108 valence electrons. The van der Waals surface area contributed by atoms with Gasteiger partial charge in [-0.25, -0.2) is 0 Å². The molecule has 6 heteroatoms. The van der Waals surface area contributed by atoms with Crippen LogP contribution < -0.4 is 16.6 Å². The van der Waals surface area contributed by atoms with Crippen molar-refractivity contribution in [2.45, 2.75) is 13.0 Å². The van der Waals surface area contributed by atoms with E-state index in [2.05, 4.69) is 10.3 Å². The first-order valence-electron chi connectivity index (χ1n) is 6.84. The third-order valence-corrected chi connectivity index (χ3v) is 3.85. The minimum atomic E-state index is -0.576. The molecule has 0 fully saturated rings. The van der Waals surface area contributed by atoms with Gasteiger partial charge in [0, 0.05) is 12.1 Å². The van der Waals surface area contributed by atoms with Gasteiger partial charge in [0.1, 0.15) is 29.1 Å². The Kier molecular flexibility index (Phi) is 3.38. The van der Waals surface area contributed by atoms with Crippen LogP contribution in [0.25, 0.3) is 11.1 Å². The highest BCUT2D eigenvalue weighted by atomic mass is 16.1. The van der Waals surface area contributed by atoms with Crippen molar-refractivity contribution in [2.24, 2.45) is 0 Å². The second kappa shape index (κ2) is 5.36. The minimum absolute atomic E-state index is 0.0131.